The van der Waals surface area contributed by atoms with E-state index in [9.17, 15) is 9.59 Å². The third-order valence-electron chi connectivity index (χ3n) is 4.48. The van der Waals surface area contributed by atoms with Crippen LogP contribution in [0, 0.1) is 0 Å². The molecule has 0 spiro atoms. The lowest BCUT2D eigenvalue weighted by Crippen LogP contribution is -2.30. The monoisotopic (exact) mass is 370 g/mol. The van der Waals surface area contributed by atoms with Crippen LogP contribution in [0.5, 0.6) is 0 Å². The maximum absolute atomic E-state index is 12.4. The van der Waals surface area contributed by atoms with E-state index >= 15 is 0 Å². The number of hydrogen-bond acceptors (Lipinski definition) is 4. The van der Waals surface area contributed by atoms with Crippen molar-refractivity contribution in [3.8, 4) is 0 Å². The summed E-state index contributed by atoms with van der Waals surface area (Å²) in [6, 6.07) is 24.4. The fourth-order valence-corrected chi connectivity index (χ4v) is 2.97. The molecule has 5 heteroatoms. The maximum Gasteiger partial charge on any atom is 0.357 e. The van der Waals surface area contributed by atoms with Crippen LogP contribution in [-0.4, -0.2) is 23.0 Å². The zero-order chi connectivity index (χ0) is 19.5. The van der Waals surface area contributed by atoms with E-state index in [1.165, 1.54) is 6.92 Å². The standard InChI is InChI=1S/C23H18N2O3/c1-15(22(26)24-19-12-10-16-6-2-3-8-18(16)14-19)28-23(27)21-13-11-17-7-4-5-9-20(17)25-21/h2-15H,1H3,(H,24,26)/t15-/m1/s1. The van der Waals surface area contributed by atoms with Gasteiger partial charge in [0.2, 0.25) is 0 Å². The van der Waals surface area contributed by atoms with E-state index in [0.717, 1.165) is 16.2 Å². The molecule has 0 fully saturated rings. The molecule has 0 saturated heterocycles. The molecule has 1 heterocycles. The van der Waals surface area contributed by atoms with Crippen molar-refractivity contribution in [1.29, 1.82) is 0 Å². The molecule has 5 nitrogen and oxygen atoms in total. The van der Waals surface area contributed by atoms with Gasteiger partial charge in [0.05, 0.1) is 5.52 Å². The van der Waals surface area contributed by atoms with Crippen LogP contribution < -0.4 is 5.32 Å². The van der Waals surface area contributed by atoms with Crippen molar-refractivity contribution in [3.63, 3.8) is 0 Å². The van der Waals surface area contributed by atoms with E-state index in [0.29, 0.717) is 11.2 Å². The highest BCUT2D eigenvalue weighted by atomic mass is 16.5. The number of amides is 1. The predicted octanol–water partition coefficient (Wildman–Crippen LogP) is 4.57. The molecular weight excluding hydrogens is 352 g/mol. The molecule has 1 aromatic heterocycles. The fourth-order valence-electron chi connectivity index (χ4n) is 2.97. The summed E-state index contributed by atoms with van der Waals surface area (Å²) in [6.45, 7) is 1.54. The minimum absolute atomic E-state index is 0.170. The smallest absolute Gasteiger partial charge is 0.357 e. The Labute approximate surface area is 162 Å². The van der Waals surface area contributed by atoms with Gasteiger partial charge in [0.15, 0.2) is 6.10 Å². The number of hydrogen-bond donors (Lipinski definition) is 1. The second-order valence-corrected chi connectivity index (χ2v) is 6.49. The number of fused-ring (bicyclic) bond motifs is 2. The van der Waals surface area contributed by atoms with Gasteiger partial charge in [-0.25, -0.2) is 9.78 Å². The molecule has 138 valence electrons. The summed E-state index contributed by atoms with van der Waals surface area (Å²) in [7, 11) is 0. The largest absolute Gasteiger partial charge is 0.448 e. The molecule has 0 bridgehead atoms. The zero-order valence-electron chi connectivity index (χ0n) is 15.3. The molecule has 3 aromatic carbocycles. The van der Waals surface area contributed by atoms with Gasteiger partial charge in [0.1, 0.15) is 5.69 Å². The Morgan fingerprint density at radius 2 is 1.54 bits per heavy atom. The van der Waals surface area contributed by atoms with Crippen molar-refractivity contribution >= 4 is 39.2 Å². The van der Waals surface area contributed by atoms with Gasteiger partial charge in [0.25, 0.3) is 5.91 Å². The van der Waals surface area contributed by atoms with Crippen molar-refractivity contribution in [2.75, 3.05) is 5.32 Å². The quantitative estimate of drug-likeness (QED) is 0.534. The second kappa shape index (κ2) is 7.48. The average Bonchev–Trinajstić information content (AvgIpc) is 2.73. The van der Waals surface area contributed by atoms with Crippen LogP contribution in [0.3, 0.4) is 0 Å². The maximum atomic E-state index is 12.4. The SMILES string of the molecule is C[C@@H](OC(=O)c1ccc2ccccc2n1)C(=O)Nc1ccc2ccccc2c1. The van der Waals surface area contributed by atoms with Crippen LogP contribution in [-0.2, 0) is 9.53 Å². The van der Waals surface area contributed by atoms with Crippen LogP contribution in [0.2, 0.25) is 0 Å². The van der Waals surface area contributed by atoms with Crippen molar-refractivity contribution in [3.05, 3.63) is 84.6 Å². The molecular formula is C23H18N2O3. The molecule has 0 saturated carbocycles. The Hall–Kier alpha value is -3.73. The number of nitrogens with one attached hydrogen (secondary N) is 1. The molecule has 0 aliphatic heterocycles. The molecule has 1 amide bonds. The lowest BCUT2D eigenvalue weighted by atomic mass is 10.1. The Balaban J connectivity index is 1.44. The van der Waals surface area contributed by atoms with E-state index in [1.54, 1.807) is 12.1 Å². The van der Waals surface area contributed by atoms with Gasteiger partial charge < -0.3 is 10.1 Å². The molecule has 0 unspecified atom stereocenters. The van der Waals surface area contributed by atoms with Crippen molar-refractivity contribution in [2.24, 2.45) is 0 Å². The number of pyridine rings is 1. The third-order valence-corrected chi connectivity index (χ3v) is 4.48. The zero-order valence-corrected chi connectivity index (χ0v) is 15.3. The van der Waals surface area contributed by atoms with Gasteiger partial charge >= 0.3 is 5.97 Å². The van der Waals surface area contributed by atoms with Crippen molar-refractivity contribution in [2.45, 2.75) is 13.0 Å². The van der Waals surface area contributed by atoms with Crippen LogP contribution in [0.15, 0.2) is 78.9 Å². The Morgan fingerprint density at radius 3 is 2.36 bits per heavy atom. The number of aromatic nitrogens is 1. The Bertz CT molecular complexity index is 1190. The minimum atomic E-state index is -0.952. The van der Waals surface area contributed by atoms with Gasteiger partial charge in [0, 0.05) is 11.1 Å². The number of anilines is 1. The normalized spacial score (nSPS) is 11.9. The summed E-state index contributed by atoms with van der Waals surface area (Å²) in [5.41, 5.74) is 1.52. The number of carbonyl (C=O) groups excluding carboxylic acids is 2. The first-order chi connectivity index (χ1) is 13.6. The highest BCUT2D eigenvalue weighted by Crippen LogP contribution is 2.19. The van der Waals surface area contributed by atoms with Crippen molar-refractivity contribution in [1.82, 2.24) is 4.98 Å². The van der Waals surface area contributed by atoms with Gasteiger partial charge in [-0.05, 0) is 42.0 Å². The lowest BCUT2D eigenvalue weighted by Gasteiger charge is -2.14. The Morgan fingerprint density at radius 1 is 0.857 bits per heavy atom. The molecule has 1 atom stereocenters. The van der Waals surface area contributed by atoms with Gasteiger partial charge in [-0.15, -0.1) is 0 Å². The summed E-state index contributed by atoms with van der Waals surface area (Å²) in [6.07, 6.45) is -0.952. The number of nitrogens with zero attached hydrogens (tertiary/aromatic N) is 1. The molecule has 0 aliphatic rings. The summed E-state index contributed by atoms with van der Waals surface area (Å²) < 4.78 is 5.29. The number of rotatable bonds is 4. The number of ether oxygens (including phenoxy) is 1. The summed E-state index contributed by atoms with van der Waals surface area (Å²) >= 11 is 0. The highest BCUT2D eigenvalue weighted by molar-refractivity contribution is 5.99. The van der Waals surface area contributed by atoms with Gasteiger partial charge in [-0.1, -0.05) is 54.6 Å². The van der Waals surface area contributed by atoms with E-state index in [-0.39, 0.29) is 5.69 Å². The molecule has 4 rings (SSSR count). The number of para-hydroxylation sites is 1. The van der Waals surface area contributed by atoms with Gasteiger partial charge in [-0.3, -0.25) is 4.79 Å². The molecule has 0 aliphatic carbocycles. The highest BCUT2D eigenvalue weighted by Gasteiger charge is 2.20. The first kappa shape index (κ1) is 17.7. The molecule has 28 heavy (non-hydrogen) atoms. The van der Waals surface area contributed by atoms with E-state index in [2.05, 4.69) is 10.3 Å². The molecule has 1 N–H and O–H groups in total. The number of benzene rings is 3. The predicted molar refractivity (Wildman–Crippen MR) is 109 cm³/mol. The Kier molecular flexibility index (Phi) is 4.72. The van der Waals surface area contributed by atoms with E-state index < -0.39 is 18.0 Å². The van der Waals surface area contributed by atoms with Crippen LogP contribution in [0.1, 0.15) is 17.4 Å². The number of esters is 1. The average molecular weight is 370 g/mol. The molecule has 0 radical (unpaired) electrons. The van der Waals surface area contributed by atoms with Crippen LogP contribution in [0.25, 0.3) is 21.7 Å². The van der Waals surface area contributed by atoms with Crippen LogP contribution in [0.4, 0.5) is 5.69 Å². The first-order valence-corrected chi connectivity index (χ1v) is 8.96. The van der Waals surface area contributed by atoms with E-state index in [4.69, 9.17) is 4.74 Å². The summed E-state index contributed by atoms with van der Waals surface area (Å²) in [5, 5.41) is 5.82. The third kappa shape index (κ3) is 3.69. The van der Waals surface area contributed by atoms with Crippen LogP contribution >= 0.6 is 0 Å². The second-order valence-electron chi connectivity index (χ2n) is 6.49. The molecule has 4 aromatic rings. The first-order valence-electron chi connectivity index (χ1n) is 8.96. The lowest BCUT2D eigenvalue weighted by molar-refractivity contribution is -0.123. The summed E-state index contributed by atoms with van der Waals surface area (Å²) in [4.78, 5) is 29.1. The topological polar surface area (TPSA) is 68.3 Å². The van der Waals surface area contributed by atoms with Crippen molar-refractivity contribution < 1.29 is 14.3 Å². The summed E-state index contributed by atoms with van der Waals surface area (Å²) in [5.74, 6) is -1.03. The number of carbonyl (C=O) groups is 2. The minimum Gasteiger partial charge on any atom is -0.448 e. The fraction of sp³-hybridized carbons (Fsp3) is 0.0870. The van der Waals surface area contributed by atoms with Gasteiger partial charge in [-0.2, -0.15) is 0 Å². The van der Waals surface area contributed by atoms with E-state index in [1.807, 2.05) is 66.7 Å².